The first-order chi connectivity index (χ1) is 7.15. The van der Waals surface area contributed by atoms with Crippen molar-refractivity contribution < 1.29 is 9.90 Å². The summed E-state index contributed by atoms with van der Waals surface area (Å²) in [6.45, 7) is 0.374. The van der Waals surface area contributed by atoms with Gasteiger partial charge in [-0.1, -0.05) is 17.7 Å². The number of carbonyl (C=O) groups is 1. The average molecular weight is 248 g/mol. The molecule has 0 aromatic heterocycles. The molecular formula is C10H11Cl2NO2. The molecule has 1 aromatic rings. The van der Waals surface area contributed by atoms with Gasteiger partial charge in [-0.3, -0.25) is 4.90 Å². The number of anilines is 1. The Balaban J connectivity index is 2.84. The third-order valence-electron chi connectivity index (χ3n) is 1.87. The molecule has 1 N–H and O–H groups in total. The number of halogens is 2. The average Bonchev–Trinajstić information content (AvgIpc) is 2.18. The van der Waals surface area contributed by atoms with Crippen LogP contribution in [0.4, 0.5) is 10.5 Å². The Morgan fingerprint density at radius 3 is 2.73 bits per heavy atom. The summed E-state index contributed by atoms with van der Waals surface area (Å²) in [7, 11) is 0. The fourth-order valence-corrected chi connectivity index (χ4v) is 1.50. The Labute approximate surface area is 98.2 Å². The quantitative estimate of drug-likeness (QED) is 0.829. The zero-order chi connectivity index (χ0) is 11.3. The smallest absolute Gasteiger partial charge is 0.411 e. The van der Waals surface area contributed by atoms with E-state index in [-0.39, 0.29) is 0 Å². The molecule has 0 spiro atoms. The molecule has 0 unspecified atom stereocenters. The van der Waals surface area contributed by atoms with Gasteiger partial charge in [-0.05, 0) is 24.6 Å². The Morgan fingerprint density at radius 1 is 1.47 bits per heavy atom. The molecule has 0 fully saturated rings. The Morgan fingerprint density at radius 2 is 2.20 bits per heavy atom. The summed E-state index contributed by atoms with van der Waals surface area (Å²) < 4.78 is 0. The van der Waals surface area contributed by atoms with Gasteiger partial charge in [0.15, 0.2) is 0 Å². The molecule has 0 saturated carbocycles. The molecule has 0 radical (unpaired) electrons. The topological polar surface area (TPSA) is 40.5 Å². The lowest BCUT2D eigenvalue weighted by atomic mass is 10.3. The SMILES string of the molecule is O=C(O)N(CCCCl)c1cccc(Cl)c1. The van der Waals surface area contributed by atoms with Crippen LogP contribution in [0.3, 0.4) is 0 Å². The van der Waals surface area contributed by atoms with Gasteiger partial charge in [0, 0.05) is 23.1 Å². The number of amides is 1. The predicted molar refractivity (Wildman–Crippen MR) is 62.2 cm³/mol. The lowest BCUT2D eigenvalue weighted by molar-refractivity contribution is 0.202. The minimum Gasteiger partial charge on any atom is -0.465 e. The molecule has 82 valence electrons. The standard InChI is InChI=1S/C10H11Cl2NO2/c11-5-2-6-13(10(14)15)9-4-1-3-8(12)7-9/h1,3-4,7H,2,5-6H2,(H,14,15). The van der Waals surface area contributed by atoms with Crippen molar-refractivity contribution in [2.45, 2.75) is 6.42 Å². The van der Waals surface area contributed by atoms with E-state index in [1.54, 1.807) is 24.3 Å². The highest BCUT2D eigenvalue weighted by Gasteiger charge is 2.13. The van der Waals surface area contributed by atoms with E-state index in [1.807, 2.05) is 0 Å². The number of nitrogens with zero attached hydrogens (tertiary/aromatic N) is 1. The highest BCUT2D eigenvalue weighted by Crippen LogP contribution is 2.19. The van der Waals surface area contributed by atoms with Crippen LogP contribution in [0.15, 0.2) is 24.3 Å². The van der Waals surface area contributed by atoms with E-state index in [4.69, 9.17) is 28.3 Å². The number of hydrogen-bond donors (Lipinski definition) is 1. The molecule has 1 aromatic carbocycles. The summed E-state index contributed by atoms with van der Waals surface area (Å²) in [6.07, 6.45) is -0.386. The number of benzene rings is 1. The number of hydrogen-bond acceptors (Lipinski definition) is 1. The Bertz CT molecular complexity index is 344. The molecule has 15 heavy (non-hydrogen) atoms. The zero-order valence-corrected chi connectivity index (χ0v) is 9.50. The van der Waals surface area contributed by atoms with Gasteiger partial charge >= 0.3 is 6.09 Å². The molecule has 0 aliphatic rings. The van der Waals surface area contributed by atoms with Crippen LogP contribution in [-0.2, 0) is 0 Å². The Hall–Kier alpha value is -0.930. The van der Waals surface area contributed by atoms with Gasteiger partial charge in [-0.2, -0.15) is 0 Å². The molecule has 0 heterocycles. The first kappa shape index (κ1) is 12.1. The van der Waals surface area contributed by atoms with Crippen LogP contribution >= 0.6 is 23.2 Å². The molecule has 0 aliphatic heterocycles. The summed E-state index contributed by atoms with van der Waals surface area (Å²) in [6, 6.07) is 6.74. The van der Waals surface area contributed by atoms with Crippen molar-refractivity contribution in [1.29, 1.82) is 0 Å². The highest BCUT2D eigenvalue weighted by molar-refractivity contribution is 6.30. The monoisotopic (exact) mass is 247 g/mol. The zero-order valence-electron chi connectivity index (χ0n) is 7.99. The molecule has 0 aliphatic carbocycles. The molecular weight excluding hydrogens is 237 g/mol. The summed E-state index contributed by atoms with van der Waals surface area (Å²) in [4.78, 5) is 12.2. The maximum absolute atomic E-state index is 11.0. The summed E-state index contributed by atoms with van der Waals surface area (Å²) in [5.41, 5.74) is 0.570. The van der Waals surface area contributed by atoms with E-state index in [2.05, 4.69) is 0 Å². The van der Waals surface area contributed by atoms with Crippen LogP contribution in [0.2, 0.25) is 5.02 Å². The van der Waals surface area contributed by atoms with Gasteiger partial charge < -0.3 is 5.11 Å². The summed E-state index contributed by atoms with van der Waals surface area (Å²) >= 11 is 11.3. The van der Waals surface area contributed by atoms with Gasteiger partial charge in [-0.25, -0.2) is 4.79 Å². The van der Waals surface area contributed by atoms with Gasteiger partial charge in [0.05, 0.1) is 0 Å². The van der Waals surface area contributed by atoms with E-state index in [0.717, 1.165) is 0 Å². The molecule has 0 atom stereocenters. The maximum atomic E-state index is 11.0. The minimum absolute atomic E-state index is 0.374. The Kier molecular flexibility index (Phi) is 4.72. The van der Waals surface area contributed by atoms with E-state index in [9.17, 15) is 4.79 Å². The second-order valence-electron chi connectivity index (χ2n) is 2.96. The fraction of sp³-hybridized carbons (Fsp3) is 0.300. The number of alkyl halides is 1. The lowest BCUT2D eigenvalue weighted by Gasteiger charge is -2.18. The van der Waals surface area contributed by atoms with Crippen molar-refractivity contribution in [2.24, 2.45) is 0 Å². The first-order valence-electron chi connectivity index (χ1n) is 4.47. The second-order valence-corrected chi connectivity index (χ2v) is 3.77. The second kappa shape index (κ2) is 5.83. The van der Waals surface area contributed by atoms with Gasteiger partial charge in [-0.15, -0.1) is 11.6 Å². The highest BCUT2D eigenvalue weighted by atomic mass is 35.5. The fourth-order valence-electron chi connectivity index (χ4n) is 1.20. The van der Waals surface area contributed by atoms with Crippen LogP contribution in [0, 0.1) is 0 Å². The normalized spacial score (nSPS) is 10.0. The van der Waals surface area contributed by atoms with Crippen LogP contribution in [0.5, 0.6) is 0 Å². The third-order valence-corrected chi connectivity index (χ3v) is 2.37. The number of rotatable bonds is 4. The first-order valence-corrected chi connectivity index (χ1v) is 5.38. The van der Waals surface area contributed by atoms with Crippen molar-refractivity contribution in [3.63, 3.8) is 0 Å². The van der Waals surface area contributed by atoms with Crippen molar-refractivity contribution in [2.75, 3.05) is 17.3 Å². The molecule has 3 nitrogen and oxygen atoms in total. The minimum atomic E-state index is -0.998. The molecule has 0 saturated heterocycles. The van der Waals surface area contributed by atoms with Crippen molar-refractivity contribution >= 4 is 35.0 Å². The van der Waals surface area contributed by atoms with Gasteiger partial charge in [0.2, 0.25) is 0 Å². The van der Waals surface area contributed by atoms with E-state index in [0.29, 0.717) is 29.6 Å². The number of carboxylic acid groups (broad SMARTS) is 1. The van der Waals surface area contributed by atoms with Crippen LogP contribution in [-0.4, -0.2) is 23.6 Å². The van der Waals surface area contributed by atoms with E-state index >= 15 is 0 Å². The lowest BCUT2D eigenvalue weighted by Crippen LogP contribution is -2.30. The molecule has 1 rings (SSSR count). The summed E-state index contributed by atoms with van der Waals surface area (Å²) in [5.74, 6) is 0.435. The van der Waals surface area contributed by atoms with Gasteiger partial charge in [0.25, 0.3) is 0 Å². The van der Waals surface area contributed by atoms with Crippen LogP contribution < -0.4 is 4.90 Å². The van der Waals surface area contributed by atoms with Crippen molar-refractivity contribution in [3.05, 3.63) is 29.3 Å². The molecule has 0 bridgehead atoms. The predicted octanol–water partition coefficient (Wildman–Crippen LogP) is 3.45. The van der Waals surface area contributed by atoms with Crippen molar-refractivity contribution in [1.82, 2.24) is 0 Å². The van der Waals surface area contributed by atoms with Crippen molar-refractivity contribution in [3.8, 4) is 0 Å². The van der Waals surface area contributed by atoms with E-state index in [1.165, 1.54) is 4.90 Å². The van der Waals surface area contributed by atoms with Crippen LogP contribution in [0.1, 0.15) is 6.42 Å². The third kappa shape index (κ3) is 3.61. The molecule has 1 amide bonds. The summed E-state index contributed by atoms with van der Waals surface area (Å²) in [5, 5.41) is 9.50. The van der Waals surface area contributed by atoms with E-state index < -0.39 is 6.09 Å². The maximum Gasteiger partial charge on any atom is 0.411 e. The van der Waals surface area contributed by atoms with Gasteiger partial charge in [0.1, 0.15) is 0 Å². The largest absolute Gasteiger partial charge is 0.465 e. The van der Waals surface area contributed by atoms with Crippen LogP contribution in [0.25, 0.3) is 0 Å². The molecule has 5 heteroatoms.